The fourth-order valence-corrected chi connectivity index (χ4v) is 1.82. The summed E-state index contributed by atoms with van der Waals surface area (Å²) in [5.74, 6) is 0.934. The Bertz CT molecular complexity index is 325. The zero-order valence-electron chi connectivity index (χ0n) is 7.92. The summed E-state index contributed by atoms with van der Waals surface area (Å²) in [7, 11) is 0. The maximum absolute atomic E-state index is 6.09. The summed E-state index contributed by atoms with van der Waals surface area (Å²) in [6.07, 6.45) is 7.59. The molecule has 0 radical (unpaired) electrons. The van der Waals surface area contributed by atoms with Crippen molar-refractivity contribution in [3.05, 3.63) is 35.3 Å². The van der Waals surface area contributed by atoms with Crippen LogP contribution in [0.4, 0.5) is 0 Å². The summed E-state index contributed by atoms with van der Waals surface area (Å²) in [6, 6.07) is 2.07. The molecular weight excluding hydrogens is 162 g/mol. The number of hydrogen-bond donors (Lipinski definition) is 1. The highest BCUT2D eigenvalue weighted by Gasteiger charge is 2.16. The molecule has 0 spiro atoms. The third-order valence-electron chi connectivity index (χ3n) is 2.59. The number of allylic oxidation sites excluding steroid dienone is 1. The smallest absolute Gasteiger partial charge is 0.101 e. The molecular formula is C11H15NO. The molecule has 1 heterocycles. The van der Waals surface area contributed by atoms with Crippen LogP contribution in [-0.4, -0.2) is 0 Å². The second-order valence-electron chi connectivity index (χ2n) is 3.64. The lowest BCUT2D eigenvalue weighted by Gasteiger charge is -2.09. The molecule has 0 bridgehead atoms. The molecule has 1 atom stereocenters. The molecule has 1 unspecified atom stereocenters. The number of aryl methyl sites for hydroxylation is 1. The molecule has 0 fully saturated rings. The quantitative estimate of drug-likeness (QED) is 0.705. The Labute approximate surface area is 78.4 Å². The van der Waals surface area contributed by atoms with Gasteiger partial charge in [0.1, 0.15) is 5.76 Å². The van der Waals surface area contributed by atoms with E-state index in [0.29, 0.717) is 0 Å². The Morgan fingerprint density at radius 2 is 2.38 bits per heavy atom. The molecule has 0 aromatic carbocycles. The number of hydrogen-bond acceptors (Lipinski definition) is 2. The first-order valence-electron chi connectivity index (χ1n) is 4.77. The minimum Gasteiger partial charge on any atom is -0.469 e. The molecule has 2 N–H and O–H groups in total. The fraction of sp³-hybridized carbons (Fsp3) is 0.455. The van der Waals surface area contributed by atoms with Gasteiger partial charge in [-0.2, -0.15) is 0 Å². The molecule has 1 aliphatic carbocycles. The van der Waals surface area contributed by atoms with E-state index < -0.39 is 0 Å². The van der Waals surface area contributed by atoms with Crippen LogP contribution < -0.4 is 5.73 Å². The third kappa shape index (κ3) is 1.68. The van der Waals surface area contributed by atoms with Crippen molar-refractivity contribution in [3.63, 3.8) is 0 Å². The first kappa shape index (κ1) is 8.57. The van der Waals surface area contributed by atoms with Crippen LogP contribution in [0.3, 0.4) is 0 Å². The van der Waals surface area contributed by atoms with Gasteiger partial charge in [0.25, 0.3) is 0 Å². The summed E-state index contributed by atoms with van der Waals surface area (Å²) < 4.78 is 5.24. The topological polar surface area (TPSA) is 39.2 Å². The van der Waals surface area contributed by atoms with E-state index in [-0.39, 0.29) is 6.04 Å². The second-order valence-corrected chi connectivity index (χ2v) is 3.64. The molecule has 1 aromatic heterocycles. The van der Waals surface area contributed by atoms with Crippen molar-refractivity contribution in [1.82, 2.24) is 0 Å². The van der Waals surface area contributed by atoms with Crippen LogP contribution in [0.2, 0.25) is 0 Å². The molecule has 13 heavy (non-hydrogen) atoms. The monoisotopic (exact) mass is 177 g/mol. The third-order valence-corrected chi connectivity index (χ3v) is 2.59. The predicted octanol–water partition coefficient (Wildman–Crippen LogP) is 2.70. The largest absolute Gasteiger partial charge is 0.469 e. The van der Waals surface area contributed by atoms with E-state index in [4.69, 9.17) is 10.2 Å². The van der Waals surface area contributed by atoms with Crippen molar-refractivity contribution in [2.75, 3.05) is 0 Å². The maximum Gasteiger partial charge on any atom is 0.101 e. The van der Waals surface area contributed by atoms with Crippen LogP contribution >= 0.6 is 0 Å². The van der Waals surface area contributed by atoms with Crippen LogP contribution in [0.15, 0.2) is 28.4 Å². The van der Waals surface area contributed by atoms with Crippen molar-refractivity contribution >= 4 is 0 Å². The van der Waals surface area contributed by atoms with Crippen LogP contribution in [0, 0.1) is 6.92 Å². The second kappa shape index (κ2) is 3.38. The minimum atomic E-state index is 0.0555. The maximum atomic E-state index is 6.09. The summed E-state index contributed by atoms with van der Waals surface area (Å²) in [4.78, 5) is 0. The molecule has 2 nitrogen and oxygen atoms in total. The predicted molar refractivity (Wildman–Crippen MR) is 52.3 cm³/mol. The van der Waals surface area contributed by atoms with E-state index in [1.165, 1.54) is 18.4 Å². The van der Waals surface area contributed by atoms with Crippen molar-refractivity contribution in [2.45, 2.75) is 32.2 Å². The molecule has 1 aromatic rings. The lowest BCUT2D eigenvalue weighted by Crippen LogP contribution is -2.11. The van der Waals surface area contributed by atoms with Gasteiger partial charge < -0.3 is 10.2 Å². The van der Waals surface area contributed by atoms with Gasteiger partial charge >= 0.3 is 0 Å². The Morgan fingerprint density at radius 1 is 1.54 bits per heavy atom. The van der Waals surface area contributed by atoms with E-state index in [1.807, 2.05) is 13.0 Å². The Hall–Kier alpha value is -1.02. The minimum absolute atomic E-state index is 0.0555. The van der Waals surface area contributed by atoms with Gasteiger partial charge in [0.2, 0.25) is 0 Å². The van der Waals surface area contributed by atoms with Gasteiger partial charge in [-0.1, -0.05) is 11.6 Å². The van der Waals surface area contributed by atoms with Crippen LogP contribution in [0.1, 0.15) is 36.6 Å². The standard InChI is InChI=1S/C11H15NO/c1-8-6-10(7-13-8)11(12)9-4-2-3-5-9/h4,6-7,11H,2-3,5,12H2,1H3. The van der Waals surface area contributed by atoms with Gasteiger partial charge in [0.05, 0.1) is 12.3 Å². The summed E-state index contributed by atoms with van der Waals surface area (Å²) in [5, 5.41) is 0. The van der Waals surface area contributed by atoms with Crippen LogP contribution in [-0.2, 0) is 0 Å². The van der Waals surface area contributed by atoms with Crippen LogP contribution in [0.25, 0.3) is 0 Å². The van der Waals surface area contributed by atoms with Crippen molar-refractivity contribution in [3.8, 4) is 0 Å². The molecule has 0 amide bonds. The zero-order valence-corrected chi connectivity index (χ0v) is 7.92. The molecule has 0 aliphatic heterocycles. The molecule has 70 valence electrons. The number of nitrogens with two attached hydrogens (primary N) is 1. The lowest BCUT2D eigenvalue weighted by atomic mass is 10.0. The van der Waals surface area contributed by atoms with Gasteiger partial charge in [0.15, 0.2) is 0 Å². The fourth-order valence-electron chi connectivity index (χ4n) is 1.82. The van der Waals surface area contributed by atoms with Gasteiger partial charge in [-0.3, -0.25) is 0 Å². The molecule has 0 saturated heterocycles. The first-order chi connectivity index (χ1) is 6.27. The van der Waals surface area contributed by atoms with E-state index in [2.05, 4.69) is 6.08 Å². The first-order valence-corrected chi connectivity index (χ1v) is 4.77. The molecule has 1 aliphatic rings. The Balaban J connectivity index is 2.16. The lowest BCUT2D eigenvalue weighted by molar-refractivity contribution is 0.530. The van der Waals surface area contributed by atoms with E-state index >= 15 is 0 Å². The van der Waals surface area contributed by atoms with Gasteiger partial charge in [-0.25, -0.2) is 0 Å². The Morgan fingerprint density at radius 3 is 2.92 bits per heavy atom. The molecule has 0 saturated carbocycles. The van der Waals surface area contributed by atoms with Gasteiger partial charge in [-0.15, -0.1) is 0 Å². The normalized spacial score (nSPS) is 18.8. The average Bonchev–Trinajstić information content (AvgIpc) is 2.72. The van der Waals surface area contributed by atoms with Crippen molar-refractivity contribution < 1.29 is 4.42 Å². The van der Waals surface area contributed by atoms with E-state index in [9.17, 15) is 0 Å². The summed E-state index contributed by atoms with van der Waals surface area (Å²) in [5.41, 5.74) is 8.55. The highest BCUT2D eigenvalue weighted by atomic mass is 16.3. The highest BCUT2D eigenvalue weighted by Crippen LogP contribution is 2.29. The highest BCUT2D eigenvalue weighted by molar-refractivity contribution is 5.27. The number of rotatable bonds is 2. The SMILES string of the molecule is Cc1cc(C(N)C2=CCCC2)co1. The average molecular weight is 177 g/mol. The van der Waals surface area contributed by atoms with Crippen molar-refractivity contribution in [1.29, 1.82) is 0 Å². The van der Waals surface area contributed by atoms with E-state index in [1.54, 1.807) is 6.26 Å². The Kier molecular flexibility index (Phi) is 2.23. The van der Waals surface area contributed by atoms with Crippen molar-refractivity contribution in [2.24, 2.45) is 5.73 Å². The summed E-state index contributed by atoms with van der Waals surface area (Å²) in [6.45, 7) is 1.94. The number of furan rings is 1. The van der Waals surface area contributed by atoms with E-state index in [0.717, 1.165) is 17.7 Å². The molecule has 2 rings (SSSR count). The summed E-state index contributed by atoms with van der Waals surface area (Å²) >= 11 is 0. The molecule has 2 heteroatoms. The van der Waals surface area contributed by atoms with Gasteiger partial charge in [0, 0.05) is 5.56 Å². The zero-order chi connectivity index (χ0) is 9.26. The van der Waals surface area contributed by atoms with Gasteiger partial charge in [-0.05, 0) is 32.3 Å². The van der Waals surface area contributed by atoms with Crippen LogP contribution in [0.5, 0.6) is 0 Å².